The Balaban J connectivity index is 1.16. The van der Waals surface area contributed by atoms with Crippen LogP contribution in [0.1, 0.15) is 28.4 Å². The van der Waals surface area contributed by atoms with Crippen LogP contribution in [-0.4, -0.2) is 34.5 Å². The van der Waals surface area contributed by atoms with Gasteiger partial charge in [0.1, 0.15) is 23.5 Å². The number of carbonyl (C=O) groups is 1. The number of hydrogen-bond acceptors (Lipinski definition) is 8. The summed E-state index contributed by atoms with van der Waals surface area (Å²) < 4.78 is 22.4. The van der Waals surface area contributed by atoms with Gasteiger partial charge in [-0.1, -0.05) is 18.2 Å². The van der Waals surface area contributed by atoms with Gasteiger partial charge in [0.25, 0.3) is 0 Å². The molecule has 0 aliphatic rings. The second-order valence-corrected chi connectivity index (χ2v) is 9.09. The first kappa shape index (κ1) is 26.6. The molecule has 0 N–H and O–H groups in total. The third-order valence-electron chi connectivity index (χ3n) is 6.02. The maximum absolute atomic E-state index is 11.9. The Morgan fingerprint density at radius 3 is 2.15 bits per heavy atom. The molecule has 0 spiro atoms. The van der Waals surface area contributed by atoms with Gasteiger partial charge in [-0.05, 0) is 86.3 Å². The molecular weight excluding hydrogens is 506 g/mol. The lowest BCUT2D eigenvalue weighted by molar-refractivity contribution is 0.0526. The fourth-order valence-electron chi connectivity index (χ4n) is 4.11. The summed E-state index contributed by atoms with van der Waals surface area (Å²) in [6, 6.07) is 26.4. The number of aromatic nitrogens is 2. The third kappa shape index (κ3) is 6.92. The van der Waals surface area contributed by atoms with Crippen LogP contribution in [0.5, 0.6) is 23.1 Å². The summed E-state index contributed by atoms with van der Waals surface area (Å²) in [5.74, 6) is 2.84. The molecule has 0 saturated carbocycles. The molecule has 0 unspecified atom stereocenters. The van der Waals surface area contributed by atoms with Crippen LogP contribution in [0.15, 0.2) is 108 Å². The Kier molecular flexibility index (Phi) is 8.48. The van der Waals surface area contributed by atoms with Crippen molar-refractivity contribution in [2.24, 2.45) is 0 Å². The molecule has 0 atom stereocenters. The second kappa shape index (κ2) is 12.7. The van der Waals surface area contributed by atoms with E-state index in [2.05, 4.69) is 27.0 Å². The molecule has 8 heteroatoms. The van der Waals surface area contributed by atoms with Gasteiger partial charge in [-0.2, -0.15) is 0 Å². The number of hydrogen-bond donors (Lipinski definition) is 0. The first-order valence-corrected chi connectivity index (χ1v) is 12.9. The van der Waals surface area contributed by atoms with E-state index in [0.717, 1.165) is 34.7 Å². The van der Waals surface area contributed by atoms with Crippen LogP contribution < -0.4 is 9.47 Å². The average molecular weight is 536 g/mol. The van der Waals surface area contributed by atoms with Crippen LogP contribution >= 0.6 is 0 Å². The Hall–Kier alpha value is -4.95. The number of rotatable bonds is 11. The van der Waals surface area contributed by atoms with Gasteiger partial charge in [-0.3, -0.25) is 4.90 Å². The molecule has 0 fully saturated rings. The van der Waals surface area contributed by atoms with Gasteiger partial charge in [0.2, 0.25) is 11.8 Å². The van der Waals surface area contributed by atoms with E-state index in [1.807, 2.05) is 55.6 Å². The molecule has 0 radical (unpaired) electrons. The highest BCUT2D eigenvalue weighted by Crippen LogP contribution is 2.27. The normalized spacial score (nSPS) is 10.9. The van der Waals surface area contributed by atoms with E-state index in [9.17, 15) is 4.79 Å². The van der Waals surface area contributed by atoms with Gasteiger partial charge in [0, 0.05) is 30.4 Å². The van der Waals surface area contributed by atoms with Gasteiger partial charge in [-0.15, -0.1) is 0 Å². The summed E-state index contributed by atoms with van der Waals surface area (Å²) in [6.07, 6.45) is 4.88. The van der Waals surface area contributed by atoms with Crippen molar-refractivity contribution in [1.82, 2.24) is 14.9 Å². The molecule has 202 valence electrons. The van der Waals surface area contributed by atoms with E-state index in [-0.39, 0.29) is 5.97 Å². The minimum atomic E-state index is -0.355. The Bertz CT molecular complexity index is 1520. The fourth-order valence-corrected chi connectivity index (χ4v) is 4.11. The lowest BCUT2D eigenvalue weighted by atomic mass is 10.2. The van der Waals surface area contributed by atoms with Gasteiger partial charge in [0.15, 0.2) is 0 Å². The maximum Gasteiger partial charge on any atom is 0.338 e. The summed E-state index contributed by atoms with van der Waals surface area (Å²) >= 11 is 0. The molecule has 0 amide bonds. The molecule has 0 bridgehead atoms. The molecule has 40 heavy (non-hydrogen) atoms. The maximum atomic E-state index is 11.9. The minimum Gasteiger partial charge on any atom is -0.462 e. The predicted molar refractivity (Wildman–Crippen MR) is 150 cm³/mol. The van der Waals surface area contributed by atoms with E-state index in [4.69, 9.17) is 18.6 Å². The molecule has 5 aromatic rings. The summed E-state index contributed by atoms with van der Waals surface area (Å²) in [5.41, 5.74) is 3.47. The van der Waals surface area contributed by atoms with Crippen molar-refractivity contribution in [3.05, 3.63) is 120 Å². The van der Waals surface area contributed by atoms with E-state index < -0.39 is 0 Å². The van der Waals surface area contributed by atoms with Crippen LogP contribution in [0.3, 0.4) is 0 Å². The number of carbonyl (C=O) groups excluding carboxylic acids is 1. The van der Waals surface area contributed by atoms with Crippen LogP contribution in [0, 0.1) is 0 Å². The monoisotopic (exact) mass is 535 g/mol. The van der Waals surface area contributed by atoms with Crippen LogP contribution in [0.2, 0.25) is 0 Å². The Morgan fingerprint density at radius 1 is 0.800 bits per heavy atom. The quantitative estimate of drug-likeness (QED) is 0.165. The van der Waals surface area contributed by atoms with Gasteiger partial charge in [0.05, 0.1) is 18.4 Å². The highest BCUT2D eigenvalue weighted by molar-refractivity contribution is 5.89. The first-order chi connectivity index (χ1) is 19.6. The standard InChI is InChI=1S/C32H29N3O5/c1-3-37-32(36)25-10-16-29(17-11-25)40-31-26(5-4-18-33-31)22-35(2)21-23-6-12-27(13-7-23)39-28-14-8-24(9-15-28)30-34-19-20-38-30/h4-20H,3,21-22H2,1-2H3. The zero-order valence-corrected chi connectivity index (χ0v) is 22.3. The minimum absolute atomic E-state index is 0.333. The summed E-state index contributed by atoms with van der Waals surface area (Å²) in [7, 11) is 2.05. The van der Waals surface area contributed by atoms with E-state index >= 15 is 0 Å². The molecule has 3 aromatic carbocycles. The molecule has 8 nitrogen and oxygen atoms in total. The van der Waals surface area contributed by atoms with Crippen LogP contribution in [0.4, 0.5) is 0 Å². The van der Waals surface area contributed by atoms with Crippen molar-refractivity contribution < 1.29 is 23.4 Å². The number of esters is 1. The van der Waals surface area contributed by atoms with E-state index in [1.54, 1.807) is 49.8 Å². The topological polar surface area (TPSA) is 86.9 Å². The second-order valence-electron chi connectivity index (χ2n) is 9.09. The highest BCUT2D eigenvalue weighted by atomic mass is 16.5. The van der Waals surface area contributed by atoms with Crippen molar-refractivity contribution in [3.63, 3.8) is 0 Å². The van der Waals surface area contributed by atoms with Crippen molar-refractivity contribution >= 4 is 5.97 Å². The summed E-state index contributed by atoms with van der Waals surface area (Å²) in [6.45, 7) is 3.48. The largest absolute Gasteiger partial charge is 0.462 e. The Morgan fingerprint density at radius 2 is 1.48 bits per heavy atom. The summed E-state index contributed by atoms with van der Waals surface area (Å²) in [4.78, 5) is 22.7. The van der Waals surface area contributed by atoms with Crippen molar-refractivity contribution in [3.8, 4) is 34.6 Å². The molecule has 0 aliphatic carbocycles. The smallest absolute Gasteiger partial charge is 0.338 e. The Labute approximate surface area is 232 Å². The van der Waals surface area contributed by atoms with Crippen LogP contribution in [0.25, 0.3) is 11.5 Å². The molecule has 2 aromatic heterocycles. The molecular formula is C32H29N3O5. The summed E-state index contributed by atoms with van der Waals surface area (Å²) in [5, 5.41) is 0. The van der Waals surface area contributed by atoms with Gasteiger partial charge < -0.3 is 18.6 Å². The number of oxazole rings is 1. The lowest BCUT2D eigenvalue weighted by Gasteiger charge is -2.19. The van der Waals surface area contributed by atoms with Crippen LogP contribution in [-0.2, 0) is 17.8 Å². The third-order valence-corrected chi connectivity index (χ3v) is 6.02. The molecule has 5 rings (SSSR count). The molecule has 0 aliphatic heterocycles. The zero-order chi connectivity index (χ0) is 27.7. The molecule has 2 heterocycles. The number of ether oxygens (including phenoxy) is 3. The van der Waals surface area contributed by atoms with E-state index in [1.165, 1.54) is 0 Å². The average Bonchev–Trinajstić information content (AvgIpc) is 3.51. The number of benzene rings is 3. The number of nitrogens with zero attached hydrogens (tertiary/aromatic N) is 3. The lowest BCUT2D eigenvalue weighted by Crippen LogP contribution is -2.17. The highest BCUT2D eigenvalue weighted by Gasteiger charge is 2.12. The van der Waals surface area contributed by atoms with Crippen molar-refractivity contribution in [1.29, 1.82) is 0 Å². The van der Waals surface area contributed by atoms with Crippen molar-refractivity contribution in [2.45, 2.75) is 20.0 Å². The number of pyridine rings is 1. The van der Waals surface area contributed by atoms with Crippen molar-refractivity contribution in [2.75, 3.05) is 13.7 Å². The SMILES string of the molecule is CCOC(=O)c1ccc(Oc2ncccc2CN(C)Cc2ccc(Oc3ccc(-c4ncco4)cc3)cc2)cc1. The van der Waals surface area contributed by atoms with Gasteiger partial charge >= 0.3 is 5.97 Å². The van der Waals surface area contributed by atoms with E-state index in [0.29, 0.717) is 36.2 Å². The zero-order valence-electron chi connectivity index (χ0n) is 22.3. The fraction of sp³-hybridized carbons (Fsp3) is 0.156. The molecule has 0 saturated heterocycles. The predicted octanol–water partition coefficient (Wildman–Crippen LogP) is 7.13. The first-order valence-electron chi connectivity index (χ1n) is 12.9. The van der Waals surface area contributed by atoms with Gasteiger partial charge in [-0.25, -0.2) is 14.8 Å².